The number of hydrogen-bond acceptors (Lipinski definition) is 6. The fourth-order valence-corrected chi connectivity index (χ4v) is 4.75. The Kier molecular flexibility index (Phi) is 6.74. The standard InChI is InChI=1S/C31H29N5O2/c37-30(32-25-7-6-8-26(21-25)33-31-34-28-11-4-5-12-29(28)38-31)24-15-13-23(14-16-24)22-35-17-19-36(20-18-35)27-9-2-1-3-10-27/h1-16,21H,17-20,22H2,(H,32,37)(H,33,34). The lowest BCUT2D eigenvalue weighted by Gasteiger charge is -2.36. The largest absolute Gasteiger partial charge is 0.423 e. The van der Waals surface area contributed by atoms with Crippen molar-refractivity contribution >= 4 is 40.1 Å². The Hall–Kier alpha value is -4.62. The van der Waals surface area contributed by atoms with E-state index in [1.165, 1.54) is 11.3 Å². The van der Waals surface area contributed by atoms with Crippen LogP contribution in [0.4, 0.5) is 23.1 Å². The molecule has 0 atom stereocenters. The first-order valence-electron chi connectivity index (χ1n) is 12.8. The summed E-state index contributed by atoms with van der Waals surface area (Å²) in [5, 5.41) is 6.15. The van der Waals surface area contributed by atoms with E-state index < -0.39 is 0 Å². The third-order valence-electron chi connectivity index (χ3n) is 6.78. The van der Waals surface area contributed by atoms with Crippen molar-refractivity contribution in [1.82, 2.24) is 9.88 Å². The second-order valence-electron chi connectivity index (χ2n) is 9.44. The minimum Gasteiger partial charge on any atom is -0.423 e. The summed E-state index contributed by atoms with van der Waals surface area (Å²) in [5.74, 6) is -0.146. The van der Waals surface area contributed by atoms with Gasteiger partial charge in [0.15, 0.2) is 5.58 Å². The zero-order chi connectivity index (χ0) is 25.7. The number of benzene rings is 4. The molecule has 0 bridgehead atoms. The number of oxazole rings is 1. The molecule has 2 heterocycles. The van der Waals surface area contributed by atoms with E-state index in [-0.39, 0.29) is 5.91 Å². The van der Waals surface area contributed by atoms with E-state index in [1.54, 1.807) is 0 Å². The van der Waals surface area contributed by atoms with Gasteiger partial charge >= 0.3 is 0 Å². The third-order valence-corrected chi connectivity index (χ3v) is 6.78. The van der Waals surface area contributed by atoms with Crippen LogP contribution in [0.2, 0.25) is 0 Å². The molecular weight excluding hydrogens is 474 g/mol. The number of nitrogens with one attached hydrogen (secondary N) is 2. The number of amides is 1. The Labute approximate surface area is 221 Å². The van der Waals surface area contributed by atoms with Crippen LogP contribution in [0.5, 0.6) is 0 Å². The molecule has 1 amide bonds. The molecule has 4 aromatic carbocycles. The Morgan fingerprint density at radius 2 is 1.53 bits per heavy atom. The van der Waals surface area contributed by atoms with Gasteiger partial charge in [0.25, 0.3) is 11.9 Å². The van der Waals surface area contributed by atoms with Crippen LogP contribution in [0.3, 0.4) is 0 Å². The molecule has 0 spiro atoms. The minimum atomic E-state index is -0.146. The Balaban J connectivity index is 1.03. The van der Waals surface area contributed by atoms with E-state index >= 15 is 0 Å². The number of nitrogens with zero attached hydrogens (tertiary/aromatic N) is 3. The quantitative estimate of drug-likeness (QED) is 0.278. The van der Waals surface area contributed by atoms with Crippen LogP contribution >= 0.6 is 0 Å². The summed E-state index contributed by atoms with van der Waals surface area (Å²) >= 11 is 0. The highest BCUT2D eigenvalue weighted by Gasteiger charge is 2.17. The summed E-state index contributed by atoms with van der Waals surface area (Å²) in [4.78, 5) is 22.2. The molecule has 6 rings (SSSR count). The van der Waals surface area contributed by atoms with Crippen molar-refractivity contribution in [3.63, 3.8) is 0 Å². The van der Waals surface area contributed by atoms with Crippen molar-refractivity contribution in [2.75, 3.05) is 41.7 Å². The maximum atomic E-state index is 12.9. The second kappa shape index (κ2) is 10.8. The lowest BCUT2D eigenvalue weighted by molar-refractivity contribution is 0.102. The van der Waals surface area contributed by atoms with E-state index in [1.807, 2.05) is 72.8 Å². The van der Waals surface area contributed by atoms with E-state index in [2.05, 4.69) is 55.7 Å². The first kappa shape index (κ1) is 23.8. The SMILES string of the molecule is O=C(Nc1cccc(Nc2nc3ccccc3o2)c1)c1ccc(CN2CCN(c3ccccc3)CC2)cc1. The highest BCUT2D eigenvalue weighted by Crippen LogP contribution is 2.24. The van der Waals surface area contributed by atoms with Gasteiger partial charge < -0.3 is 20.0 Å². The van der Waals surface area contributed by atoms with E-state index in [0.29, 0.717) is 17.3 Å². The topological polar surface area (TPSA) is 73.6 Å². The van der Waals surface area contributed by atoms with Gasteiger partial charge in [-0.2, -0.15) is 4.98 Å². The van der Waals surface area contributed by atoms with Crippen LogP contribution in [0.1, 0.15) is 15.9 Å². The van der Waals surface area contributed by atoms with Gasteiger partial charge in [-0.3, -0.25) is 9.69 Å². The van der Waals surface area contributed by atoms with Gasteiger partial charge in [0.1, 0.15) is 5.52 Å². The Bertz CT molecular complexity index is 1490. The van der Waals surface area contributed by atoms with Crippen molar-refractivity contribution in [2.45, 2.75) is 6.54 Å². The molecule has 1 aliphatic heterocycles. The molecule has 1 fully saturated rings. The number of aromatic nitrogens is 1. The number of anilines is 4. The molecule has 0 aliphatic carbocycles. The van der Waals surface area contributed by atoms with Gasteiger partial charge in [-0.25, -0.2) is 0 Å². The van der Waals surface area contributed by atoms with Crippen LogP contribution in [-0.2, 0) is 6.54 Å². The molecule has 0 unspecified atom stereocenters. The molecule has 1 aliphatic rings. The molecule has 5 aromatic rings. The van der Waals surface area contributed by atoms with Gasteiger partial charge in [-0.1, -0.05) is 48.5 Å². The van der Waals surface area contributed by atoms with Crippen molar-refractivity contribution in [3.05, 3.63) is 114 Å². The van der Waals surface area contributed by atoms with E-state index in [4.69, 9.17) is 4.42 Å². The molecular formula is C31H29N5O2. The van der Waals surface area contributed by atoms with Crippen LogP contribution < -0.4 is 15.5 Å². The summed E-state index contributed by atoms with van der Waals surface area (Å²) < 4.78 is 5.74. The number of para-hydroxylation sites is 3. The molecule has 1 aromatic heterocycles. The van der Waals surface area contributed by atoms with Crippen molar-refractivity contribution < 1.29 is 9.21 Å². The molecule has 7 nitrogen and oxygen atoms in total. The smallest absolute Gasteiger partial charge is 0.300 e. The maximum absolute atomic E-state index is 12.9. The highest BCUT2D eigenvalue weighted by atomic mass is 16.4. The zero-order valence-corrected chi connectivity index (χ0v) is 21.0. The first-order chi connectivity index (χ1) is 18.7. The van der Waals surface area contributed by atoms with Crippen LogP contribution in [-0.4, -0.2) is 42.0 Å². The summed E-state index contributed by atoms with van der Waals surface area (Å²) in [7, 11) is 0. The van der Waals surface area contributed by atoms with Gasteiger partial charge in [-0.05, 0) is 60.2 Å². The number of hydrogen-bond donors (Lipinski definition) is 2. The van der Waals surface area contributed by atoms with Gasteiger partial charge in [0.2, 0.25) is 0 Å². The Morgan fingerprint density at radius 1 is 0.789 bits per heavy atom. The lowest BCUT2D eigenvalue weighted by Crippen LogP contribution is -2.45. The molecule has 0 saturated carbocycles. The number of fused-ring (bicyclic) bond motifs is 1. The van der Waals surface area contributed by atoms with Crippen molar-refractivity contribution in [1.29, 1.82) is 0 Å². The molecule has 0 radical (unpaired) electrons. The third kappa shape index (κ3) is 5.53. The second-order valence-corrected chi connectivity index (χ2v) is 9.44. The number of carbonyl (C=O) groups excluding carboxylic acids is 1. The first-order valence-corrected chi connectivity index (χ1v) is 12.8. The van der Waals surface area contributed by atoms with Crippen LogP contribution in [0.25, 0.3) is 11.1 Å². The summed E-state index contributed by atoms with van der Waals surface area (Å²) in [5.41, 5.74) is 6.09. The highest BCUT2D eigenvalue weighted by molar-refractivity contribution is 6.04. The lowest BCUT2D eigenvalue weighted by atomic mass is 10.1. The molecule has 38 heavy (non-hydrogen) atoms. The normalized spacial score (nSPS) is 13.9. The molecule has 7 heteroatoms. The minimum absolute atomic E-state index is 0.146. The fraction of sp³-hybridized carbons (Fsp3) is 0.161. The fourth-order valence-electron chi connectivity index (χ4n) is 4.75. The average Bonchev–Trinajstić information content (AvgIpc) is 3.37. The number of carbonyl (C=O) groups is 1. The Morgan fingerprint density at radius 3 is 2.32 bits per heavy atom. The van der Waals surface area contributed by atoms with Gasteiger partial charge in [-0.15, -0.1) is 0 Å². The summed E-state index contributed by atoms with van der Waals surface area (Å²) in [6.45, 7) is 4.96. The monoisotopic (exact) mass is 503 g/mol. The van der Waals surface area contributed by atoms with Crippen LogP contribution in [0, 0.1) is 0 Å². The average molecular weight is 504 g/mol. The van der Waals surface area contributed by atoms with Crippen LogP contribution in [0.15, 0.2) is 108 Å². The molecule has 2 N–H and O–H groups in total. The van der Waals surface area contributed by atoms with E-state index in [9.17, 15) is 4.79 Å². The predicted molar refractivity (Wildman–Crippen MR) is 152 cm³/mol. The number of piperazine rings is 1. The van der Waals surface area contributed by atoms with Gasteiger partial charge in [0, 0.05) is 55.3 Å². The number of rotatable bonds is 7. The van der Waals surface area contributed by atoms with Crippen molar-refractivity contribution in [3.8, 4) is 0 Å². The van der Waals surface area contributed by atoms with E-state index in [0.717, 1.165) is 49.5 Å². The summed E-state index contributed by atoms with van der Waals surface area (Å²) in [6, 6.07) is 34.0. The maximum Gasteiger partial charge on any atom is 0.300 e. The molecule has 190 valence electrons. The summed E-state index contributed by atoms with van der Waals surface area (Å²) in [6.07, 6.45) is 0. The molecule has 1 saturated heterocycles. The van der Waals surface area contributed by atoms with Gasteiger partial charge in [0.05, 0.1) is 0 Å². The predicted octanol–water partition coefficient (Wildman–Crippen LogP) is 6.15. The van der Waals surface area contributed by atoms with Crippen molar-refractivity contribution in [2.24, 2.45) is 0 Å². The zero-order valence-electron chi connectivity index (χ0n) is 21.0.